The highest BCUT2D eigenvalue weighted by Crippen LogP contribution is 2.27. The van der Waals surface area contributed by atoms with Gasteiger partial charge in [-0.15, -0.1) is 11.3 Å². The van der Waals surface area contributed by atoms with Crippen LogP contribution in [-0.2, 0) is 16.1 Å². The summed E-state index contributed by atoms with van der Waals surface area (Å²) in [5.41, 5.74) is 2.50. The van der Waals surface area contributed by atoms with E-state index < -0.39 is 11.5 Å². The molecule has 1 amide bonds. The fourth-order valence-electron chi connectivity index (χ4n) is 4.02. The molecule has 202 valence electrons. The number of esters is 1. The van der Waals surface area contributed by atoms with E-state index in [4.69, 9.17) is 9.47 Å². The van der Waals surface area contributed by atoms with Gasteiger partial charge in [0.05, 0.1) is 11.7 Å². The number of benzene rings is 3. The van der Waals surface area contributed by atoms with Gasteiger partial charge in [-0.2, -0.15) is 0 Å². The molecule has 5 aromatic rings. The molecule has 2 heterocycles. The molecule has 3 aromatic carbocycles. The third-order valence-corrected chi connectivity index (χ3v) is 7.16. The first kappa shape index (κ1) is 26.6. The lowest BCUT2D eigenvalue weighted by molar-refractivity contribution is -0.116. The van der Waals surface area contributed by atoms with Crippen molar-refractivity contribution in [1.29, 1.82) is 0 Å². The number of fused-ring (bicyclic) bond motifs is 1. The second-order valence-electron chi connectivity index (χ2n) is 8.83. The van der Waals surface area contributed by atoms with Crippen LogP contribution in [0.15, 0.2) is 96.1 Å². The molecule has 2 aromatic heterocycles. The number of carbonyl (C=O) groups excluding carboxylic acids is 2. The first-order valence-corrected chi connectivity index (χ1v) is 13.3. The van der Waals surface area contributed by atoms with Gasteiger partial charge >= 0.3 is 5.97 Å². The maximum atomic E-state index is 13.2. The highest BCUT2D eigenvalue weighted by molar-refractivity contribution is 7.20. The van der Waals surface area contributed by atoms with E-state index in [9.17, 15) is 14.4 Å². The molecule has 0 saturated carbocycles. The first-order chi connectivity index (χ1) is 19.5. The molecule has 0 atom stereocenters. The van der Waals surface area contributed by atoms with E-state index in [1.165, 1.54) is 10.9 Å². The van der Waals surface area contributed by atoms with E-state index in [0.29, 0.717) is 32.1 Å². The van der Waals surface area contributed by atoms with Gasteiger partial charge in [-0.05, 0) is 61.0 Å². The minimum atomic E-state index is -0.550. The number of hydrogen-bond donors (Lipinski definition) is 2. The van der Waals surface area contributed by atoms with Crippen LogP contribution in [0, 0.1) is 6.92 Å². The number of ether oxygens (including phenoxy) is 2. The van der Waals surface area contributed by atoms with Gasteiger partial charge in [-0.3, -0.25) is 14.2 Å². The summed E-state index contributed by atoms with van der Waals surface area (Å²) in [6.07, 6.45) is 1.32. The fourth-order valence-corrected chi connectivity index (χ4v) is 5.06. The highest BCUT2D eigenvalue weighted by Gasteiger charge is 2.21. The summed E-state index contributed by atoms with van der Waals surface area (Å²) >= 11 is 1.09. The fraction of sp³-hybridized carbons (Fsp3) is 0.133. The topological polar surface area (TPSA) is 112 Å². The number of aryl methyl sites for hydroxylation is 1. The maximum absolute atomic E-state index is 13.2. The normalized spacial score (nSPS) is 10.7. The van der Waals surface area contributed by atoms with Crippen LogP contribution >= 0.6 is 11.3 Å². The van der Waals surface area contributed by atoms with Crippen LogP contribution < -0.4 is 20.9 Å². The molecule has 0 radical (unpaired) electrons. The van der Waals surface area contributed by atoms with E-state index in [1.807, 2.05) is 72.8 Å². The third kappa shape index (κ3) is 6.36. The summed E-state index contributed by atoms with van der Waals surface area (Å²) in [4.78, 5) is 43.6. The van der Waals surface area contributed by atoms with Gasteiger partial charge in [0, 0.05) is 17.1 Å². The van der Waals surface area contributed by atoms with Crippen molar-refractivity contribution in [3.8, 4) is 5.75 Å². The zero-order chi connectivity index (χ0) is 27.9. The lowest BCUT2D eigenvalue weighted by Gasteiger charge is -2.09. The van der Waals surface area contributed by atoms with Gasteiger partial charge < -0.3 is 20.1 Å². The molecule has 0 spiro atoms. The Morgan fingerprint density at radius 1 is 0.875 bits per heavy atom. The minimum absolute atomic E-state index is 0.0581. The average molecular weight is 555 g/mol. The number of carbonyl (C=O) groups is 2. The number of nitrogens with zero attached hydrogens (tertiary/aromatic N) is 2. The van der Waals surface area contributed by atoms with Crippen molar-refractivity contribution in [3.63, 3.8) is 0 Å². The molecule has 0 saturated heterocycles. The van der Waals surface area contributed by atoms with E-state index >= 15 is 0 Å². The molecular weight excluding hydrogens is 528 g/mol. The molecule has 0 aliphatic carbocycles. The minimum Gasteiger partial charge on any atom is -0.490 e. The summed E-state index contributed by atoms with van der Waals surface area (Å²) < 4.78 is 12.1. The Kier molecular flexibility index (Phi) is 8.17. The molecule has 10 heteroatoms. The number of thiophene rings is 1. The second-order valence-corrected chi connectivity index (χ2v) is 9.83. The molecule has 0 aliphatic heterocycles. The summed E-state index contributed by atoms with van der Waals surface area (Å²) in [5, 5.41) is 6.37. The monoisotopic (exact) mass is 554 g/mol. The molecule has 0 bridgehead atoms. The van der Waals surface area contributed by atoms with E-state index in [1.54, 1.807) is 19.1 Å². The second kappa shape index (κ2) is 12.3. The van der Waals surface area contributed by atoms with Gasteiger partial charge in [0.25, 0.3) is 5.56 Å². The lowest BCUT2D eigenvalue weighted by Crippen LogP contribution is -2.27. The van der Waals surface area contributed by atoms with Crippen molar-refractivity contribution in [2.24, 2.45) is 0 Å². The highest BCUT2D eigenvalue weighted by atomic mass is 32.1. The summed E-state index contributed by atoms with van der Waals surface area (Å²) in [5.74, 6) is -0.244. The van der Waals surface area contributed by atoms with Crippen molar-refractivity contribution in [2.45, 2.75) is 13.5 Å². The van der Waals surface area contributed by atoms with E-state index in [0.717, 1.165) is 22.7 Å². The average Bonchev–Trinajstić information content (AvgIpc) is 3.31. The Hall–Kier alpha value is -4.96. The van der Waals surface area contributed by atoms with Gasteiger partial charge in [-0.1, -0.05) is 36.4 Å². The number of aromatic nitrogens is 2. The Bertz CT molecular complexity index is 1680. The summed E-state index contributed by atoms with van der Waals surface area (Å²) in [7, 11) is 0. The van der Waals surface area contributed by atoms with Crippen LogP contribution in [0.3, 0.4) is 0 Å². The molecule has 0 aliphatic rings. The van der Waals surface area contributed by atoms with Gasteiger partial charge in [0.15, 0.2) is 0 Å². The Balaban J connectivity index is 1.20. The summed E-state index contributed by atoms with van der Waals surface area (Å²) in [6.45, 7) is 1.71. The van der Waals surface area contributed by atoms with Gasteiger partial charge in [0.1, 0.15) is 35.2 Å². The molecule has 40 heavy (non-hydrogen) atoms. The first-order valence-electron chi connectivity index (χ1n) is 12.5. The van der Waals surface area contributed by atoms with E-state index in [-0.39, 0.29) is 25.7 Å². The van der Waals surface area contributed by atoms with Crippen LogP contribution in [0.1, 0.15) is 15.2 Å². The quantitative estimate of drug-likeness (QED) is 0.176. The molecular formula is C30H26N4O5S. The standard InChI is InChI=1S/C30H26N4O5S/c1-20-26-28(40-27(20)30(37)39-17-16-38-24-10-6-3-7-11-24)31-19-34(29(26)36)18-25(35)33-23-14-12-22(13-15-23)32-21-8-4-2-5-9-21/h2-15,19,32H,16-18H2,1H3,(H,33,35). The van der Waals surface area contributed by atoms with E-state index in [2.05, 4.69) is 15.6 Å². The number of rotatable bonds is 10. The number of nitrogens with one attached hydrogen (secondary N) is 2. The van der Waals surface area contributed by atoms with Gasteiger partial charge in [0.2, 0.25) is 5.91 Å². The zero-order valence-electron chi connectivity index (χ0n) is 21.6. The Labute approximate surface area is 234 Å². The van der Waals surface area contributed by atoms with Crippen molar-refractivity contribution in [2.75, 3.05) is 23.8 Å². The Morgan fingerprint density at radius 3 is 2.25 bits per heavy atom. The van der Waals surface area contributed by atoms with Crippen molar-refractivity contribution in [1.82, 2.24) is 9.55 Å². The molecule has 5 rings (SSSR count). The van der Waals surface area contributed by atoms with Crippen LogP contribution in [0.2, 0.25) is 0 Å². The van der Waals surface area contributed by atoms with Crippen molar-refractivity contribution >= 4 is 50.5 Å². The van der Waals surface area contributed by atoms with Crippen LogP contribution in [0.4, 0.5) is 17.1 Å². The molecule has 0 fully saturated rings. The molecule has 0 unspecified atom stereocenters. The number of amides is 1. The Morgan fingerprint density at radius 2 is 1.52 bits per heavy atom. The molecule has 9 nitrogen and oxygen atoms in total. The SMILES string of the molecule is Cc1c(C(=O)OCCOc2ccccc2)sc2ncn(CC(=O)Nc3ccc(Nc4ccccc4)cc3)c(=O)c12. The number of para-hydroxylation sites is 2. The smallest absolute Gasteiger partial charge is 0.348 e. The van der Waals surface area contributed by atoms with Crippen molar-refractivity contribution < 1.29 is 19.1 Å². The number of hydrogen-bond acceptors (Lipinski definition) is 8. The van der Waals surface area contributed by atoms with Crippen LogP contribution in [0.5, 0.6) is 5.75 Å². The number of anilines is 3. The van der Waals surface area contributed by atoms with Crippen LogP contribution in [0.25, 0.3) is 10.2 Å². The summed E-state index contributed by atoms with van der Waals surface area (Å²) in [6, 6.07) is 26.2. The maximum Gasteiger partial charge on any atom is 0.348 e. The lowest BCUT2D eigenvalue weighted by atomic mass is 10.2. The predicted molar refractivity (Wildman–Crippen MR) is 156 cm³/mol. The zero-order valence-corrected chi connectivity index (χ0v) is 22.4. The van der Waals surface area contributed by atoms with Crippen LogP contribution in [-0.4, -0.2) is 34.6 Å². The third-order valence-electron chi connectivity index (χ3n) is 5.98. The van der Waals surface area contributed by atoms with Gasteiger partial charge in [-0.25, -0.2) is 9.78 Å². The largest absolute Gasteiger partial charge is 0.490 e. The predicted octanol–water partition coefficient (Wildman–Crippen LogP) is 5.38. The molecule has 2 N–H and O–H groups in total. The van der Waals surface area contributed by atoms with Crippen molar-refractivity contribution in [3.05, 3.63) is 112 Å².